The fraction of sp³-hybridized carbons (Fsp3) is 0.500. The first-order valence-electron chi connectivity index (χ1n) is 7.76. The number of carbonyl (C=O) groups excluding carboxylic acids is 1. The molecule has 0 saturated carbocycles. The predicted molar refractivity (Wildman–Crippen MR) is 83.8 cm³/mol. The Hall–Kier alpha value is -2.28. The second-order valence-corrected chi connectivity index (χ2v) is 6.37. The van der Waals surface area contributed by atoms with Crippen molar-refractivity contribution in [2.24, 2.45) is 0 Å². The van der Waals surface area contributed by atoms with Crippen LogP contribution >= 0.6 is 0 Å². The van der Waals surface area contributed by atoms with Crippen LogP contribution in [0.25, 0.3) is 0 Å². The summed E-state index contributed by atoms with van der Waals surface area (Å²) in [7, 11) is 0. The lowest BCUT2D eigenvalue weighted by molar-refractivity contribution is 0.0381. The molecule has 1 amide bonds. The van der Waals surface area contributed by atoms with Crippen LogP contribution in [0.5, 0.6) is 0 Å². The van der Waals surface area contributed by atoms with Crippen molar-refractivity contribution in [2.45, 2.75) is 38.8 Å². The highest BCUT2D eigenvalue weighted by atomic mass is 16.3. The Bertz CT molecular complexity index is 710. The maximum absolute atomic E-state index is 12.5. The molecule has 0 aromatic carbocycles. The van der Waals surface area contributed by atoms with Crippen LogP contribution in [0, 0.1) is 6.92 Å². The van der Waals surface area contributed by atoms with Gasteiger partial charge in [-0.15, -0.1) is 5.10 Å². The molecule has 0 unspecified atom stereocenters. The summed E-state index contributed by atoms with van der Waals surface area (Å²) >= 11 is 0. The maximum Gasteiger partial charge on any atom is 0.255 e. The van der Waals surface area contributed by atoms with E-state index in [1.54, 1.807) is 28.0 Å². The van der Waals surface area contributed by atoms with Gasteiger partial charge in [0.25, 0.3) is 5.91 Å². The lowest BCUT2D eigenvalue weighted by atomic mass is 10.00. The Morgan fingerprint density at radius 3 is 2.78 bits per heavy atom. The van der Waals surface area contributed by atoms with E-state index in [0.29, 0.717) is 24.2 Å². The van der Waals surface area contributed by atoms with Crippen molar-refractivity contribution in [3.05, 3.63) is 41.5 Å². The Kier molecular flexibility index (Phi) is 3.89. The average Bonchev–Trinajstić information content (AvgIpc) is 3.15. The van der Waals surface area contributed by atoms with E-state index in [1.807, 2.05) is 26.8 Å². The van der Waals surface area contributed by atoms with Gasteiger partial charge < -0.3 is 10.0 Å². The molecule has 7 nitrogen and oxygen atoms in total. The SMILES string of the molecule is Cc1ccc(C(=O)N2CC[C@](O)(c3cn(C(C)C)nn3)C2)cn1. The largest absolute Gasteiger partial charge is 0.381 e. The number of aryl methyl sites for hydroxylation is 1. The Morgan fingerprint density at radius 2 is 2.17 bits per heavy atom. The number of aliphatic hydroxyl groups is 1. The van der Waals surface area contributed by atoms with Gasteiger partial charge in [0.05, 0.1) is 18.3 Å². The van der Waals surface area contributed by atoms with E-state index in [9.17, 15) is 9.90 Å². The van der Waals surface area contributed by atoms with Crippen LogP contribution in [0.4, 0.5) is 0 Å². The molecule has 1 aliphatic rings. The molecule has 122 valence electrons. The van der Waals surface area contributed by atoms with Gasteiger partial charge in [0.2, 0.25) is 0 Å². The number of hydrogen-bond donors (Lipinski definition) is 1. The van der Waals surface area contributed by atoms with E-state index in [2.05, 4.69) is 15.3 Å². The molecule has 3 rings (SSSR count). The van der Waals surface area contributed by atoms with Crippen molar-refractivity contribution in [3.8, 4) is 0 Å². The number of rotatable bonds is 3. The van der Waals surface area contributed by atoms with Crippen LogP contribution in [-0.2, 0) is 5.60 Å². The minimum atomic E-state index is -1.14. The molecule has 23 heavy (non-hydrogen) atoms. The van der Waals surface area contributed by atoms with Crippen molar-refractivity contribution >= 4 is 5.91 Å². The van der Waals surface area contributed by atoms with Gasteiger partial charge in [-0.3, -0.25) is 9.78 Å². The zero-order valence-electron chi connectivity index (χ0n) is 13.6. The molecule has 1 fully saturated rings. The van der Waals surface area contributed by atoms with Crippen molar-refractivity contribution in [3.63, 3.8) is 0 Å². The topological polar surface area (TPSA) is 84.1 Å². The fourth-order valence-electron chi connectivity index (χ4n) is 2.70. The van der Waals surface area contributed by atoms with Crippen LogP contribution in [-0.4, -0.2) is 49.0 Å². The number of hydrogen-bond acceptors (Lipinski definition) is 5. The van der Waals surface area contributed by atoms with E-state index >= 15 is 0 Å². The summed E-state index contributed by atoms with van der Waals surface area (Å²) in [5.74, 6) is -0.121. The highest BCUT2D eigenvalue weighted by Crippen LogP contribution is 2.31. The minimum Gasteiger partial charge on any atom is -0.381 e. The number of carbonyl (C=O) groups is 1. The standard InChI is InChI=1S/C16H21N5O2/c1-11(2)21-9-14(18-19-21)16(23)6-7-20(10-16)15(22)13-5-4-12(3)17-8-13/h4-5,8-9,11,23H,6-7,10H2,1-3H3/t16-/m1/s1. The molecule has 1 N–H and O–H groups in total. The van der Waals surface area contributed by atoms with E-state index in [0.717, 1.165) is 5.69 Å². The second kappa shape index (κ2) is 5.73. The first kappa shape index (κ1) is 15.6. The van der Waals surface area contributed by atoms with Crippen LogP contribution in [0.3, 0.4) is 0 Å². The minimum absolute atomic E-state index is 0.121. The van der Waals surface area contributed by atoms with E-state index in [4.69, 9.17) is 0 Å². The van der Waals surface area contributed by atoms with Gasteiger partial charge in [-0.05, 0) is 32.9 Å². The van der Waals surface area contributed by atoms with Crippen LogP contribution in [0.2, 0.25) is 0 Å². The number of β-amino-alcohol motifs (C(OH)–C–C–N with tert-alkyl or cyclic N) is 1. The van der Waals surface area contributed by atoms with Gasteiger partial charge >= 0.3 is 0 Å². The van der Waals surface area contributed by atoms with Crippen LogP contribution < -0.4 is 0 Å². The van der Waals surface area contributed by atoms with Crippen molar-refractivity contribution in [1.82, 2.24) is 24.9 Å². The van der Waals surface area contributed by atoms with Gasteiger partial charge in [-0.1, -0.05) is 5.21 Å². The van der Waals surface area contributed by atoms with Crippen LogP contribution in [0.15, 0.2) is 24.5 Å². The van der Waals surface area contributed by atoms with E-state index < -0.39 is 5.60 Å². The molecule has 1 aliphatic heterocycles. The highest BCUT2D eigenvalue weighted by molar-refractivity contribution is 5.94. The normalized spacial score (nSPS) is 21.2. The predicted octanol–water partition coefficient (Wildman–Crippen LogP) is 1.30. The molecule has 0 bridgehead atoms. The molecule has 0 radical (unpaired) electrons. The second-order valence-electron chi connectivity index (χ2n) is 6.37. The molecule has 2 aromatic rings. The molecule has 0 spiro atoms. The quantitative estimate of drug-likeness (QED) is 0.923. The van der Waals surface area contributed by atoms with Gasteiger partial charge in [-0.2, -0.15) is 0 Å². The van der Waals surface area contributed by atoms with Gasteiger partial charge in [-0.25, -0.2) is 4.68 Å². The van der Waals surface area contributed by atoms with Gasteiger partial charge in [0, 0.05) is 30.9 Å². The number of aromatic nitrogens is 4. The number of likely N-dealkylation sites (tertiary alicyclic amines) is 1. The summed E-state index contributed by atoms with van der Waals surface area (Å²) in [4.78, 5) is 18.3. The number of amides is 1. The zero-order valence-corrected chi connectivity index (χ0v) is 13.6. The first-order chi connectivity index (χ1) is 10.9. The summed E-state index contributed by atoms with van der Waals surface area (Å²) in [6.45, 7) is 6.57. The van der Waals surface area contributed by atoms with Crippen molar-refractivity contribution in [1.29, 1.82) is 0 Å². The van der Waals surface area contributed by atoms with Gasteiger partial charge in [0.1, 0.15) is 11.3 Å². The molecule has 7 heteroatoms. The van der Waals surface area contributed by atoms with Crippen molar-refractivity contribution in [2.75, 3.05) is 13.1 Å². The lowest BCUT2D eigenvalue weighted by Gasteiger charge is -2.21. The number of pyridine rings is 1. The summed E-state index contributed by atoms with van der Waals surface area (Å²) in [6, 6.07) is 3.75. The third kappa shape index (κ3) is 2.96. The van der Waals surface area contributed by atoms with Crippen molar-refractivity contribution < 1.29 is 9.90 Å². The van der Waals surface area contributed by atoms with E-state index in [-0.39, 0.29) is 18.5 Å². The summed E-state index contributed by atoms with van der Waals surface area (Å²) in [6.07, 6.45) is 3.78. The third-order valence-corrected chi connectivity index (χ3v) is 4.21. The fourth-order valence-corrected chi connectivity index (χ4v) is 2.70. The van der Waals surface area contributed by atoms with Gasteiger partial charge in [0.15, 0.2) is 0 Å². The highest BCUT2D eigenvalue weighted by Gasteiger charge is 2.42. The molecule has 2 aromatic heterocycles. The molecular weight excluding hydrogens is 294 g/mol. The zero-order chi connectivity index (χ0) is 16.6. The molecule has 0 aliphatic carbocycles. The first-order valence-corrected chi connectivity index (χ1v) is 7.76. The number of nitrogens with zero attached hydrogens (tertiary/aromatic N) is 5. The molecule has 1 atom stereocenters. The molecule has 3 heterocycles. The van der Waals surface area contributed by atoms with E-state index in [1.165, 1.54) is 0 Å². The molecular formula is C16H21N5O2. The molecule has 1 saturated heterocycles. The Morgan fingerprint density at radius 1 is 1.39 bits per heavy atom. The maximum atomic E-state index is 12.5. The third-order valence-electron chi connectivity index (χ3n) is 4.21. The monoisotopic (exact) mass is 315 g/mol. The summed E-state index contributed by atoms with van der Waals surface area (Å²) < 4.78 is 1.71. The average molecular weight is 315 g/mol. The summed E-state index contributed by atoms with van der Waals surface area (Å²) in [5.41, 5.74) is 0.778. The van der Waals surface area contributed by atoms with Crippen LogP contribution in [0.1, 0.15) is 48.1 Å². The summed E-state index contributed by atoms with van der Waals surface area (Å²) in [5, 5.41) is 19.0. The Balaban J connectivity index is 1.76. The lowest BCUT2D eigenvalue weighted by Crippen LogP contribution is -2.34. The smallest absolute Gasteiger partial charge is 0.255 e. The Labute approximate surface area is 134 Å².